The van der Waals surface area contributed by atoms with Gasteiger partial charge in [0.05, 0.1) is 19.8 Å². The average Bonchev–Trinajstić information content (AvgIpc) is 2.55. The minimum Gasteiger partial charge on any atom is -0.478 e. The van der Waals surface area contributed by atoms with E-state index in [1.165, 1.54) is 20.8 Å². The highest BCUT2D eigenvalue weighted by Crippen LogP contribution is 2.10. The summed E-state index contributed by atoms with van der Waals surface area (Å²) in [6.45, 7) is 14.9. The molecule has 0 aromatic carbocycles. The normalized spacial score (nSPS) is 8.88. The van der Waals surface area contributed by atoms with Crippen molar-refractivity contribution in [3.05, 3.63) is 36.5 Å². The number of aliphatic hydroxyl groups is 3. The third-order valence-corrected chi connectivity index (χ3v) is 2.24. The van der Waals surface area contributed by atoms with Crippen LogP contribution in [-0.2, 0) is 14.4 Å². The summed E-state index contributed by atoms with van der Waals surface area (Å²) < 4.78 is 0. The molecule has 0 amide bonds. The van der Waals surface area contributed by atoms with Gasteiger partial charge in [-0.3, -0.25) is 0 Å². The molecule has 0 aliphatic carbocycles. The van der Waals surface area contributed by atoms with Crippen LogP contribution in [0.1, 0.15) is 27.7 Å². The molecule has 0 aromatic rings. The third-order valence-electron chi connectivity index (χ3n) is 2.24. The van der Waals surface area contributed by atoms with Crippen LogP contribution in [0.3, 0.4) is 0 Å². The number of hydrogen-bond donors (Lipinski definition) is 6. The minimum absolute atomic E-state index is 0.176. The molecule has 0 aliphatic heterocycles. The number of rotatable bonds is 6. The van der Waals surface area contributed by atoms with Crippen LogP contribution < -0.4 is 0 Å². The molecule has 0 atom stereocenters. The molecule has 9 nitrogen and oxygen atoms in total. The van der Waals surface area contributed by atoms with Crippen LogP contribution in [0.5, 0.6) is 0 Å². The SMILES string of the molecule is C=C(C)C(=O)O.C=C(C)C(=O)O.C=C(C)C(=O)O.CC(CO)(CO)CO. The fraction of sp³-hybridized carbons (Fsp3) is 0.471. The molecule has 6 N–H and O–H groups in total. The maximum Gasteiger partial charge on any atom is 0.330 e. The Balaban J connectivity index is -0.000000125. The van der Waals surface area contributed by atoms with Gasteiger partial charge in [0, 0.05) is 22.1 Å². The summed E-state index contributed by atoms with van der Waals surface area (Å²) in [6, 6.07) is 0. The van der Waals surface area contributed by atoms with E-state index in [1.807, 2.05) is 0 Å². The molecule has 0 spiro atoms. The van der Waals surface area contributed by atoms with Crippen LogP contribution in [-0.4, -0.2) is 68.4 Å². The van der Waals surface area contributed by atoms with E-state index >= 15 is 0 Å². The number of hydrogen-bond acceptors (Lipinski definition) is 6. The molecule has 0 aliphatic rings. The molecule has 0 bridgehead atoms. The van der Waals surface area contributed by atoms with Crippen molar-refractivity contribution < 1.29 is 45.0 Å². The van der Waals surface area contributed by atoms with E-state index in [0.717, 1.165) is 0 Å². The lowest BCUT2D eigenvalue weighted by Crippen LogP contribution is -2.29. The maximum absolute atomic E-state index is 9.60. The Morgan fingerprint density at radius 2 is 0.769 bits per heavy atom. The second kappa shape index (κ2) is 17.3. The molecular formula is C17H30O9. The first-order chi connectivity index (χ1) is 11.6. The molecule has 0 radical (unpaired) electrons. The number of carboxylic acids is 3. The molecule has 0 aromatic heterocycles. The standard InChI is InChI=1S/C5H12O3.3C4H6O2/c1-5(2-6,3-7)4-8;3*1-3(2)4(5)6/h6-8H,2-4H2,1H3;3*1H2,2H3,(H,5,6). The number of carbonyl (C=O) groups is 3. The van der Waals surface area contributed by atoms with E-state index in [-0.39, 0.29) is 36.5 Å². The van der Waals surface area contributed by atoms with Gasteiger partial charge in [-0.1, -0.05) is 26.7 Å². The van der Waals surface area contributed by atoms with E-state index in [2.05, 4.69) is 19.7 Å². The molecule has 0 fully saturated rings. The Kier molecular flexibility index (Phi) is 20.9. The highest BCUT2D eigenvalue weighted by Gasteiger charge is 2.20. The van der Waals surface area contributed by atoms with Crippen molar-refractivity contribution in [3.63, 3.8) is 0 Å². The predicted molar refractivity (Wildman–Crippen MR) is 96.7 cm³/mol. The van der Waals surface area contributed by atoms with Gasteiger partial charge in [0.2, 0.25) is 0 Å². The summed E-state index contributed by atoms with van der Waals surface area (Å²) in [5.74, 6) is -2.81. The number of aliphatic hydroxyl groups excluding tert-OH is 3. The van der Waals surface area contributed by atoms with E-state index < -0.39 is 23.3 Å². The molecule has 0 heterocycles. The topological polar surface area (TPSA) is 173 Å². The number of carboxylic acid groups (broad SMARTS) is 3. The lowest BCUT2D eigenvalue weighted by molar-refractivity contribution is -0.133. The Morgan fingerprint density at radius 1 is 0.654 bits per heavy atom. The molecule has 0 rings (SSSR count). The van der Waals surface area contributed by atoms with Crippen LogP contribution in [0.2, 0.25) is 0 Å². The van der Waals surface area contributed by atoms with Crippen LogP contribution in [0, 0.1) is 5.41 Å². The van der Waals surface area contributed by atoms with Crippen LogP contribution in [0.25, 0.3) is 0 Å². The van der Waals surface area contributed by atoms with Crippen LogP contribution >= 0.6 is 0 Å². The zero-order valence-electron chi connectivity index (χ0n) is 15.7. The van der Waals surface area contributed by atoms with Crippen molar-refractivity contribution in [3.8, 4) is 0 Å². The lowest BCUT2D eigenvalue weighted by Gasteiger charge is -2.20. The van der Waals surface area contributed by atoms with Crippen molar-refractivity contribution in [1.82, 2.24) is 0 Å². The fourth-order valence-corrected chi connectivity index (χ4v) is 0.150. The molecule has 152 valence electrons. The van der Waals surface area contributed by atoms with Gasteiger partial charge in [0.1, 0.15) is 0 Å². The first-order valence-corrected chi connectivity index (χ1v) is 7.10. The highest BCUT2D eigenvalue weighted by atomic mass is 16.4. The van der Waals surface area contributed by atoms with Gasteiger partial charge < -0.3 is 30.6 Å². The minimum atomic E-state index is -0.935. The predicted octanol–water partition coefficient (Wildman–Crippen LogP) is 0.911. The molecular weight excluding hydrogens is 348 g/mol. The van der Waals surface area contributed by atoms with Gasteiger partial charge in [-0.2, -0.15) is 0 Å². The molecule has 9 heteroatoms. The Bertz CT molecular complexity index is 387. The zero-order valence-corrected chi connectivity index (χ0v) is 15.7. The fourth-order valence-electron chi connectivity index (χ4n) is 0.150. The lowest BCUT2D eigenvalue weighted by atomic mass is 9.95. The Labute approximate surface area is 153 Å². The average molecular weight is 378 g/mol. The van der Waals surface area contributed by atoms with E-state index in [9.17, 15) is 14.4 Å². The van der Waals surface area contributed by atoms with Crippen molar-refractivity contribution in [1.29, 1.82) is 0 Å². The summed E-state index contributed by atoms with van der Waals surface area (Å²) >= 11 is 0. The molecule has 26 heavy (non-hydrogen) atoms. The van der Waals surface area contributed by atoms with Crippen molar-refractivity contribution in [2.45, 2.75) is 27.7 Å². The summed E-state index contributed by atoms with van der Waals surface area (Å²) in [5, 5.41) is 49.1. The first kappa shape index (κ1) is 31.3. The van der Waals surface area contributed by atoms with Gasteiger partial charge in [-0.05, 0) is 20.8 Å². The summed E-state index contributed by atoms with van der Waals surface area (Å²) in [4.78, 5) is 28.8. The van der Waals surface area contributed by atoms with Gasteiger partial charge in [-0.15, -0.1) is 0 Å². The summed E-state index contributed by atoms with van der Waals surface area (Å²) in [5.41, 5.74) is -0.181. The van der Waals surface area contributed by atoms with E-state index in [1.54, 1.807) is 6.92 Å². The van der Waals surface area contributed by atoms with Gasteiger partial charge in [-0.25, -0.2) is 14.4 Å². The third kappa shape index (κ3) is 26.4. The van der Waals surface area contributed by atoms with Crippen molar-refractivity contribution >= 4 is 17.9 Å². The Morgan fingerprint density at radius 3 is 0.769 bits per heavy atom. The van der Waals surface area contributed by atoms with Crippen LogP contribution in [0.15, 0.2) is 36.5 Å². The van der Waals surface area contributed by atoms with Gasteiger partial charge in [0.25, 0.3) is 0 Å². The van der Waals surface area contributed by atoms with Gasteiger partial charge >= 0.3 is 17.9 Å². The number of aliphatic carboxylic acids is 3. The zero-order chi connectivity index (χ0) is 22.1. The summed E-state index contributed by atoms with van der Waals surface area (Å²) in [7, 11) is 0. The van der Waals surface area contributed by atoms with Gasteiger partial charge in [0.15, 0.2) is 0 Å². The first-order valence-electron chi connectivity index (χ1n) is 7.10. The Hall–Kier alpha value is -2.49. The second-order valence-electron chi connectivity index (χ2n) is 5.54. The molecule has 0 saturated carbocycles. The van der Waals surface area contributed by atoms with Crippen molar-refractivity contribution in [2.24, 2.45) is 5.41 Å². The smallest absolute Gasteiger partial charge is 0.330 e. The molecule has 0 saturated heterocycles. The van der Waals surface area contributed by atoms with Crippen molar-refractivity contribution in [2.75, 3.05) is 19.8 Å². The van der Waals surface area contributed by atoms with E-state index in [0.29, 0.717) is 0 Å². The maximum atomic E-state index is 9.60. The molecule has 0 unspecified atom stereocenters. The van der Waals surface area contributed by atoms with E-state index in [4.69, 9.17) is 30.6 Å². The quantitative estimate of drug-likeness (QED) is 0.367. The van der Waals surface area contributed by atoms with Crippen LogP contribution in [0.4, 0.5) is 0 Å². The highest BCUT2D eigenvalue weighted by molar-refractivity contribution is 5.85. The monoisotopic (exact) mass is 378 g/mol. The second-order valence-corrected chi connectivity index (χ2v) is 5.54. The summed E-state index contributed by atoms with van der Waals surface area (Å²) in [6.07, 6.45) is 0. The largest absolute Gasteiger partial charge is 0.478 e.